The molecule has 4 rings (SSSR count). The molecule has 0 aliphatic carbocycles. The summed E-state index contributed by atoms with van der Waals surface area (Å²) < 4.78 is 56.9. The van der Waals surface area contributed by atoms with Crippen molar-refractivity contribution in [2.24, 2.45) is 0 Å². The maximum Gasteiger partial charge on any atom is 0.326 e. The standard InChI is InChI=1S/C22H21F2N5O4S/c1-11-4-6-14(34(3,31)32)9-15(11)19-18-20(25-10-12(2)30)26-22(27-21(18)29-28-19)33-17-7-5-13(23)8-16(17)24/h4-9,12,30H,10H2,1-3H3,(H2,25,26,27,28,29)/t12-/m0/s1. The molecule has 0 bridgehead atoms. The highest BCUT2D eigenvalue weighted by Crippen LogP contribution is 2.35. The van der Waals surface area contributed by atoms with Gasteiger partial charge < -0.3 is 15.2 Å². The lowest BCUT2D eigenvalue weighted by Gasteiger charge is -2.12. The number of H-pyrrole nitrogens is 1. The summed E-state index contributed by atoms with van der Waals surface area (Å²) in [4.78, 5) is 8.64. The number of benzene rings is 2. The molecular formula is C22H21F2N5O4S. The van der Waals surface area contributed by atoms with Crippen LogP contribution in [0.3, 0.4) is 0 Å². The lowest BCUT2D eigenvalue weighted by molar-refractivity contribution is 0.208. The first-order valence-corrected chi connectivity index (χ1v) is 12.0. The van der Waals surface area contributed by atoms with Crippen molar-refractivity contribution in [1.29, 1.82) is 0 Å². The van der Waals surface area contributed by atoms with E-state index in [0.29, 0.717) is 22.7 Å². The fraction of sp³-hybridized carbons (Fsp3) is 0.227. The Morgan fingerprint density at radius 1 is 1.18 bits per heavy atom. The van der Waals surface area contributed by atoms with Crippen molar-refractivity contribution in [1.82, 2.24) is 20.2 Å². The van der Waals surface area contributed by atoms with E-state index in [0.717, 1.165) is 24.0 Å². The number of hydrogen-bond donors (Lipinski definition) is 3. The molecule has 12 heteroatoms. The van der Waals surface area contributed by atoms with Crippen LogP contribution < -0.4 is 10.1 Å². The van der Waals surface area contributed by atoms with E-state index < -0.39 is 27.6 Å². The minimum atomic E-state index is -3.46. The van der Waals surface area contributed by atoms with Gasteiger partial charge in [0.15, 0.2) is 27.1 Å². The molecule has 0 aliphatic heterocycles. The van der Waals surface area contributed by atoms with E-state index in [4.69, 9.17) is 4.74 Å². The van der Waals surface area contributed by atoms with Gasteiger partial charge in [0.25, 0.3) is 0 Å². The molecule has 0 fully saturated rings. The van der Waals surface area contributed by atoms with E-state index in [2.05, 4.69) is 25.5 Å². The molecule has 0 amide bonds. The van der Waals surface area contributed by atoms with Gasteiger partial charge in [0.05, 0.1) is 22.1 Å². The average molecular weight is 490 g/mol. The third-order valence-electron chi connectivity index (χ3n) is 4.96. The molecule has 34 heavy (non-hydrogen) atoms. The quantitative estimate of drug-likeness (QED) is 0.359. The van der Waals surface area contributed by atoms with E-state index in [1.165, 1.54) is 12.1 Å². The van der Waals surface area contributed by atoms with Gasteiger partial charge in [-0.1, -0.05) is 6.07 Å². The van der Waals surface area contributed by atoms with Gasteiger partial charge in [0, 0.05) is 24.4 Å². The van der Waals surface area contributed by atoms with Gasteiger partial charge in [-0.25, -0.2) is 17.2 Å². The van der Waals surface area contributed by atoms with Crippen LogP contribution in [-0.2, 0) is 9.84 Å². The molecule has 1 atom stereocenters. The van der Waals surface area contributed by atoms with Gasteiger partial charge in [-0.3, -0.25) is 5.10 Å². The number of rotatable bonds is 7. The predicted octanol–water partition coefficient (Wildman–Crippen LogP) is 3.60. The van der Waals surface area contributed by atoms with Crippen molar-refractivity contribution >= 4 is 26.7 Å². The molecule has 3 N–H and O–H groups in total. The number of halogens is 2. The highest BCUT2D eigenvalue weighted by Gasteiger charge is 2.21. The second-order valence-corrected chi connectivity index (χ2v) is 9.82. The summed E-state index contributed by atoms with van der Waals surface area (Å²) in [5.74, 6) is -1.76. The Labute approximate surface area is 193 Å². The number of sulfone groups is 1. The Morgan fingerprint density at radius 3 is 2.62 bits per heavy atom. The zero-order valence-corrected chi connectivity index (χ0v) is 19.2. The summed E-state index contributed by atoms with van der Waals surface area (Å²) in [5, 5.41) is 20.2. The molecule has 2 aromatic heterocycles. The number of aliphatic hydroxyl groups excluding tert-OH is 1. The third-order valence-corrected chi connectivity index (χ3v) is 6.07. The summed E-state index contributed by atoms with van der Waals surface area (Å²) in [7, 11) is -3.46. The van der Waals surface area contributed by atoms with Crippen LogP contribution in [0.2, 0.25) is 0 Å². The minimum absolute atomic E-state index is 0.115. The highest BCUT2D eigenvalue weighted by atomic mass is 32.2. The zero-order chi connectivity index (χ0) is 24.6. The van der Waals surface area contributed by atoms with Gasteiger partial charge in [-0.2, -0.15) is 15.1 Å². The number of anilines is 1. The summed E-state index contributed by atoms with van der Waals surface area (Å²) in [6.45, 7) is 3.50. The number of aromatic nitrogens is 4. The molecule has 2 heterocycles. The van der Waals surface area contributed by atoms with Crippen LogP contribution in [0.1, 0.15) is 12.5 Å². The van der Waals surface area contributed by atoms with Crippen LogP contribution in [-0.4, -0.2) is 52.6 Å². The number of aryl methyl sites for hydroxylation is 1. The summed E-state index contributed by atoms with van der Waals surface area (Å²) in [5.41, 5.74) is 1.94. The molecule has 2 aromatic carbocycles. The number of hydrogen-bond acceptors (Lipinski definition) is 8. The van der Waals surface area contributed by atoms with E-state index >= 15 is 0 Å². The maximum absolute atomic E-state index is 14.1. The van der Waals surface area contributed by atoms with Crippen LogP contribution in [0.4, 0.5) is 14.6 Å². The zero-order valence-electron chi connectivity index (χ0n) is 18.4. The van der Waals surface area contributed by atoms with Crippen LogP contribution >= 0.6 is 0 Å². The highest BCUT2D eigenvalue weighted by molar-refractivity contribution is 7.90. The van der Waals surface area contributed by atoms with Crippen molar-refractivity contribution in [2.75, 3.05) is 18.1 Å². The van der Waals surface area contributed by atoms with Crippen molar-refractivity contribution in [2.45, 2.75) is 24.8 Å². The van der Waals surface area contributed by atoms with E-state index in [1.807, 2.05) is 6.92 Å². The fourth-order valence-electron chi connectivity index (χ4n) is 3.28. The van der Waals surface area contributed by atoms with Crippen molar-refractivity contribution in [3.63, 3.8) is 0 Å². The Kier molecular flexibility index (Phi) is 6.19. The van der Waals surface area contributed by atoms with Gasteiger partial charge >= 0.3 is 6.01 Å². The molecule has 4 aromatic rings. The summed E-state index contributed by atoms with van der Waals surface area (Å²) in [6.07, 6.45) is 0.387. The second-order valence-electron chi connectivity index (χ2n) is 7.81. The second kappa shape index (κ2) is 8.95. The van der Waals surface area contributed by atoms with Gasteiger partial charge in [0.1, 0.15) is 11.6 Å². The fourth-order valence-corrected chi connectivity index (χ4v) is 3.92. The van der Waals surface area contributed by atoms with Gasteiger partial charge in [-0.15, -0.1) is 0 Å². The number of nitrogens with one attached hydrogen (secondary N) is 2. The van der Waals surface area contributed by atoms with Gasteiger partial charge in [0.2, 0.25) is 0 Å². The van der Waals surface area contributed by atoms with Crippen LogP contribution in [0.25, 0.3) is 22.3 Å². The van der Waals surface area contributed by atoms with Crippen LogP contribution in [0.5, 0.6) is 11.8 Å². The molecule has 0 spiro atoms. The van der Waals surface area contributed by atoms with Crippen molar-refractivity contribution in [3.8, 4) is 23.0 Å². The van der Waals surface area contributed by atoms with Crippen LogP contribution in [0, 0.1) is 18.6 Å². The summed E-state index contributed by atoms with van der Waals surface area (Å²) >= 11 is 0. The molecule has 0 aliphatic rings. The molecule has 0 unspecified atom stereocenters. The number of aliphatic hydroxyl groups is 1. The minimum Gasteiger partial charge on any atom is -0.421 e. The Morgan fingerprint density at radius 2 is 1.94 bits per heavy atom. The molecule has 0 saturated heterocycles. The van der Waals surface area contributed by atoms with E-state index in [9.17, 15) is 22.3 Å². The summed E-state index contributed by atoms with van der Waals surface area (Å²) in [6, 6.07) is 7.27. The van der Waals surface area contributed by atoms with Crippen molar-refractivity contribution in [3.05, 3.63) is 53.6 Å². The molecular weight excluding hydrogens is 468 g/mol. The first-order valence-electron chi connectivity index (χ1n) is 10.1. The molecule has 0 radical (unpaired) electrons. The maximum atomic E-state index is 14.1. The number of nitrogens with zero attached hydrogens (tertiary/aromatic N) is 3. The molecule has 0 saturated carbocycles. The number of ether oxygens (including phenoxy) is 1. The number of aromatic amines is 1. The predicted molar refractivity (Wildman–Crippen MR) is 122 cm³/mol. The lowest BCUT2D eigenvalue weighted by Crippen LogP contribution is -2.16. The SMILES string of the molecule is Cc1ccc(S(C)(=O)=O)cc1-c1[nH]nc2nc(Oc3ccc(F)cc3F)nc(NC[C@H](C)O)c12. The monoisotopic (exact) mass is 489 g/mol. The van der Waals surface area contributed by atoms with Gasteiger partial charge in [-0.05, 0) is 43.7 Å². The third kappa shape index (κ3) is 4.82. The molecule has 178 valence electrons. The normalized spacial score (nSPS) is 12.6. The van der Waals surface area contributed by atoms with E-state index in [-0.39, 0.29) is 34.7 Å². The van der Waals surface area contributed by atoms with E-state index in [1.54, 1.807) is 13.0 Å². The molecule has 9 nitrogen and oxygen atoms in total. The number of fused-ring (bicyclic) bond motifs is 1. The topological polar surface area (TPSA) is 130 Å². The average Bonchev–Trinajstić information content (AvgIpc) is 3.17. The Hall–Kier alpha value is -3.64. The van der Waals surface area contributed by atoms with Crippen molar-refractivity contribution < 1.29 is 27.0 Å². The first kappa shape index (κ1) is 23.5. The Balaban J connectivity index is 1.86. The Bertz CT molecular complexity index is 1490. The first-order chi connectivity index (χ1) is 16.0. The largest absolute Gasteiger partial charge is 0.421 e. The lowest BCUT2D eigenvalue weighted by atomic mass is 10.0. The smallest absolute Gasteiger partial charge is 0.326 e. The van der Waals surface area contributed by atoms with Crippen LogP contribution in [0.15, 0.2) is 41.3 Å².